The number of hydrogen-bond acceptors (Lipinski definition) is 3. The normalized spacial score (nSPS) is 32.1. The van der Waals surface area contributed by atoms with Crippen molar-refractivity contribution in [3.05, 3.63) is 0 Å². The predicted octanol–water partition coefficient (Wildman–Crippen LogP) is -0.0717. The minimum Gasteiger partial charge on any atom is -0.332 e. The average molecular weight is 196 g/mol. The van der Waals surface area contributed by atoms with E-state index in [9.17, 15) is 9.59 Å². The van der Waals surface area contributed by atoms with Gasteiger partial charge in [0.05, 0.1) is 12.1 Å². The predicted molar refractivity (Wildman–Crippen MR) is 51.8 cm³/mol. The first-order valence-corrected chi connectivity index (χ1v) is 5.32. The summed E-state index contributed by atoms with van der Waals surface area (Å²) in [6.45, 7) is 1.68. The van der Waals surface area contributed by atoms with Crippen molar-refractivity contribution in [1.29, 1.82) is 0 Å². The van der Waals surface area contributed by atoms with E-state index in [1.165, 1.54) is 0 Å². The lowest BCUT2D eigenvalue weighted by molar-refractivity contribution is -0.136. The number of likely N-dealkylation sites (tertiary alicyclic amines) is 1. The molecule has 0 aromatic heterocycles. The van der Waals surface area contributed by atoms with Gasteiger partial charge in [0.15, 0.2) is 0 Å². The molecule has 0 aromatic carbocycles. The molecule has 2 saturated heterocycles. The zero-order chi connectivity index (χ0) is 9.97. The van der Waals surface area contributed by atoms with Crippen molar-refractivity contribution >= 4 is 12.2 Å². The number of nitrogens with one attached hydrogen (secondary N) is 1. The number of carbonyl (C=O) groups is 2. The number of carbonyl (C=O) groups excluding carboxylic acids is 2. The van der Waals surface area contributed by atoms with Gasteiger partial charge in [-0.25, -0.2) is 0 Å². The number of hydrogen-bond donors (Lipinski definition) is 1. The van der Waals surface area contributed by atoms with Crippen LogP contribution in [-0.2, 0) is 9.59 Å². The highest BCUT2D eigenvalue weighted by Crippen LogP contribution is 2.18. The van der Waals surface area contributed by atoms with Crippen LogP contribution in [0.4, 0.5) is 0 Å². The summed E-state index contributed by atoms with van der Waals surface area (Å²) in [4.78, 5) is 24.4. The zero-order valence-corrected chi connectivity index (χ0v) is 8.24. The van der Waals surface area contributed by atoms with Gasteiger partial charge in [0.2, 0.25) is 5.91 Å². The van der Waals surface area contributed by atoms with E-state index in [-0.39, 0.29) is 18.0 Å². The van der Waals surface area contributed by atoms with Gasteiger partial charge in [0.1, 0.15) is 6.29 Å². The molecule has 0 unspecified atom stereocenters. The summed E-state index contributed by atoms with van der Waals surface area (Å²) in [5.74, 6) is 0.122. The third-order valence-electron chi connectivity index (χ3n) is 3.10. The van der Waals surface area contributed by atoms with Gasteiger partial charge in [0.25, 0.3) is 0 Å². The standard InChI is InChI=1S/C10H16N2O2/c13-7-8-3-2-6-12(8)10(14)9-4-1-5-11-9/h7-9,11H,1-6H2/t8-,9-/m0/s1. The van der Waals surface area contributed by atoms with Gasteiger partial charge in [-0.1, -0.05) is 0 Å². The van der Waals surface area contributed by atoms with Crippen molar-refractivity contribution < 1.29 is 9.59 Å². The molecule has 2 atom stereocenters. The molecule has 2 rings (SSSR count). The van der Waals surface area contributed by atoms with Crippen molar-refractivity contribution in [3.63, 3.8) is 0 Å². The van der Waals surface area contributed by atoms with Gasteiger partial charge in [-0.15, -0.1) is 0 Å². The van der Waals surface area contributed by atoms with Gasteiger partial charge in [0, 0.05) is 6.54 Å². The molecule has 2 aliphatic heterocycles. The SMILES string of the molecule is O=C[C@@H]1CCCN1C(=O)[C@@H]1CCCN1. The molecule has 1 amide bonds. The van der Waals surface area contributed by atoms with Gasteiger partial charge in [-0.3, -0.25) is 4.79 Å². The second-order valence-electron chi connectivity index (χ2n) is 4.03. The number of aldehydes is 1. The van der Waals surface area contributed by atoms with Gasteiger partial charge >= 0.3 is 0 Å². The summed E-state index contributed by atoms with van der Waals surface area (Å²) < 4.78 is 0. The molecule has 4 nitrogen and oxygen atoms in total. The topological polar surface area (TPSA) is 49.4 Å². The molecule has 0 bridgehead atoms. The van der Waals surface area contributed by atoms with E-state index in [2.05, 4.69) is 5.32 Å². The molecule has 0 aromatic rings. The van der Waals surface area contributed by atoms with Crippen LogP contribution in [0, 0.1) is 0 Å². The first-order chi connectivity index (χ1) is 6.83. The molecule has 14 heavy (non-hydrogen) atoms. The number of nitrogens with zero attached hydrogens (tertiary/aromatic N) is 1. The van der Waals surface area contributed by atoms with Crippen molar-refractivity contribution in [3.8, 4) is 0 Å². The highest BCUT2D eigenvalue weighted by Gasteiger charge is 2.33. The summed E-state index contributed by atoms with van der Waals surface area (Å²) >= 11 is 0. The number of amides is 1. The van der Waals surface area contributed by atoms with Crippen LogP contribution in [-0.4, -0.2) is 42.3 Å². The molecule has 0 radical (unpaired) electrons. The molecule has 0 spiro atoms. The Kier molecular flexibility index (Phi) is 2.82. The Morgan fingerprint density at radius 3 is 2.86 bits per heavy atom. The van der Waals surface area contributed by atoms with Crippen LogP contribution in [0.2, 0.25) is 0 Å². The molecule has 4 heteroatoms. The Bertz CT molecular complexity index is 236. The fourth-order valence-electron chi connectivity index (χ4n) is 2.30. The lowest BCUT2D eigenvalue weighted by Gasteiger charge is -2.23. The smallest absolute Gasteiger partial charge is 0.240 e. The van der Waals surface area contributed by atoms with Crippen LogP contribution in [0.15, 0.2) is 0 Å². The lowest BCUT2D eigenvalue weighted by atomic mass is 10.2. The van der Waals surface area contributed by atoms with Crippen LogP contribution in [0.1, 0.15) is 25.7 Å². The first-order valence-electron chi connectivity index (χ1n) is 5.32. The Labute approximate surface area is 83.6 Å². The summed E-state index contributed by atoms with van der Waals surface area (Å²) in [6.07, 6.45) is 4.68. The van der Waals surface area contributed by atoms with Crippen molar-refractivity contribution in [2.75, 3.05) is 13.1 Å². The van der Waals surface area contributed by atoms with E-state index in [4.69, 9.17) is 0 Å². The molecule has 1 N–H and O–H groups in total. The van der Waals surface area contributed by atoms with Crippen LogP contribution in [0.5, 0.6) is 0 Å². The van der Waals surface area contributed by atoms with Crippen LogP contribution >= 0.6 is 0 Å². The maximum absolute atomic E-state index is 11.9. The fraction of sp³-hybridized carbons (Fsp3) is 0.800. The summed E-state index contributed by atoms with van der Waals surface area (Å²) in [5, 5.41) is 3.17. The Balaban J connectivity index is 1.98. The summed E-state index contributed by atoms with van der Waals surface area (Å²) in [6, 6.07) is -0.194. The molecule has 2 heterocycles. The highest BCUT2D eigenvalue weighted by molar-refractivity contribution is 5.85. The van der Waals surface area contributed by atoms with Crippen molar-refractivity contribution in [2.45, 2.75) is 37.8 Å². The first kappa shape index (κ1) is 9.65. The molecular weight excluding hydrogens is 180 g/mol. The lowest BCUT2D eigenvalue weighted by Crippen LogP contribution is -2.46. The molecule has 78 valence electrons. The Hall–Kier alpha value is -0.900. The van der Waals surface area contributed by atoms with Gasteiger partial charge in [-0.05, 0) is 32.2 Å². The highest BCUT2D eigenvalue weighted by atomic mass is 16.2. The van der Waals surface area contributed by atoms with E-state index in [1.807, 2.05) is 0 Å². The van der Waals surface area contributed by atoms with E-state index in [1.54, 1.807) is 4.90 Å². The van der Waals surface area contributed by atoms with E-state index >= 15 is 0 Å². The van der Waals surface area contributed by atoms with E-state index in [0.717, 1.165) is 45.1 Å². The summed E-state index contributed by atoms with van der Waals surface area (Å²) in [7, 11) is 0. The quantitative estimate of drug-likeness (QED) is 0.629. The Morgan fingerprint density at radius 1 is 1.36 bits per heavy atom. The fourth-order valence-corrected chi connectivity index (χ4v) is 2.30. The minimum atomic E-state index is -0.162. The van der Waals surface area contributed by atoms with E-state index < -0.39 is 0 Å². The van der Waals surface area contributed by atoms with E-state index in [0.29, 0.717) is 0 Å². The molecule has 0 aliphatic carbocycles. The average Bonchev–Trinajstić information content (AvgIpc) is 2.87. The second kappa shape index (κ2) is 4.09. The minimum absolute atomic E-state index is 0.0319. The zero-order valence-electron chi connectivity index (χ0n) is 8.24. The van der Waals surface area contributed by atoms with Crippen LogP contribution < -0.4 is 5.32 Å². The third kappa shape index (κ3) is 1.66. The second-order valence-corrected chi connectivity index (χ2v) is 4.03. The molecule has 2 aliphatic rings. The van der Waals surface area contributed by atoms with Gasteiger partial charge < -0.3 is 15.0 Å². The maximum Gasteiger partial charge on any atom is 0.240 e. The number of rotatable bonds is 2. The molecular formula is C10H16N2O2. The maximum atomic E-state index is 11.9. The van der Waals surface area contributed by atoms with Crippen molar-refractivity contribution in [1.82, 2.24) is 10.2 Å². The van der Waals surface area contributed by atoms with Crippen LogP contribution in [0.3, 0.4) is 0 Å². The van der Waals surface area contributed by atoms with Gasteiger partial charge in [-0.2, -0.15) is 0 Å². The molecule has 0 saturated carbocycles. The molecule has 2 fully saturated rings. The third-order valence-corrected chi connectivity index (χ3v) is 3.10. The van der Waals surface area contributed by atoms with Crippen LogP contribution in [0.25, 0.3) is 0 Å². The Morgan fingerprint density at radius 2 is 2.21 bits per heavy atom. The monoisotopic (exact) mass is 196 g/mol. The summed E-state index contributed by atoms with van der Waals surface area (Å²) in [5.41, 5.74) is 0. The van der Waals surface area contributed by atoms with Crippen molar-refractivity contribution in [2.24, 2.45) is 0 Å². The largest absolute Gasteiger partial charge is 0.332 e.